The maximum atomic E-state index is 12.3. The van der Waals surface area contributed by atoms with Gasteiger partial charge in [-0.05, 0) is 50.0 Å². The summed E-state index contributed by atoms with van der Waals surface area (Å²) in [4.78, 5) is 28.7. The molecule has 1 spiro atoms. The zero-order valence-corrected chi connectivity index (χ0v) is 23.0. The van der Waals surface area contributed by atoms with Crippen molar-refractivity contribution in [1.29, 1.82) is 0 Å². The van der Waals surface area contributed by atoms with Crippen LogP contribution >= 0.6 is 0 Å². The van der Waals surface area contributed by atoms with E-state index in [1.54, 1.807) is 20.3 Å². The number of ether oxygens (including phenoxy) is 2. The molecule has 0 bridgehead atoms. The van der Waals surface area contributed by atoms with E-state index in [1.165, 1.54) is 31.9 Å². The van der Waals surface area contributed by atoms with Crippen molar-refractivity contribution in [3.63, 3.8) is 0 Å². The number of rotatable bonds is 9. The van der Waals surface area contributed by atoms with Gasteiger partial charge in [0.05, 0.1) is 42.4 Å². The van der Waals surface area contributed by atoms with E-state index in [9.17, 15) is 9.59 Å². The van der Waals surface area contributed by atoms with E-state index in [0.29, 0.717) is 28.4 Å². The Kier molecular flexibility index (Phi) is 6.95. The lowest BCUT2D eigenvalue weighted by atomic mass is 9.84. The lowest BCUT2D eigenvalue weighted by Gasteiger charge is -2.22. The molecule has 2 atom stereocenters. The Morgan fingerprint density at radius 2 is 1.90 bits per heavy atom. The van der Waals surface area contributed by atoms with Gasteiger partial charge in [-0.25, -0.2) is 4.98 Å². The van der Waals surface area contributed by atoms with E-state index < -0.39 is 5.91 Å². The number of aromatic nitrogens is 3. The van der Waals surface area contributed by atoms with Gasteiger partial charge in [-0.2, -0.15) is 5.10 Å². The van der Waals surface area contributed by atoms with Gasteiger partial charge in [0.2, 0.25) is 5.91 Å². The molecule has 6 rings (SSSR count). The zero-order valence-electron chi connectivity index (χ0n) is 23.0. The first-order valence-corrected chi connectivity index (χ1v) is 14.0. The molecule has 4 N–H and O–H groups in total. The van der Waals surface area contributed by atoms with Crippen molar-refractivity contribution >= 4 is 29.0 Å². The molecule has 3 aromatic rings. The standard InChI is InChI=1S/C30H36N6O4/c1-39-25-14-30(10-3-4-11-30)13-24(25)36-17-19(15-33-36)20-6-5-7-22(27(20)40-2)34-23-12-26(32-16-21(23)28(31)37)35-29(38)18-8-9-18/h5-7,12,15-18,24-25H,3-4,8-11,13-14H2,1-2H3,(H2,31,37)(H2,32,34,35,38)/t24-,25-/m1/s1. The van der Waals surface area contributed by atoms with Crippen LogP contribution in [-0.4, -0.2) is 46.9 Å². The average Bonchev–Trinajstić information content (AvgIpc) is 3.35. The van der Waals surface area contributed by atoms with Gasteiger partial charge >= 0.3 is 0 Å². The van der Waals surface area contributed by atoms with Crippen LogP contribution in [0.1, 0.15) is 67.8 Å². The summed E-state index contributed by atoms with van der Waals surface area (Å²) >= 11 is 0. The highest BCUT2D eigenvalue weighted by molar-refractivity contribution is 6.01. The predicted molar refractivity (Wildman–Crippen MR) is 152 cm³/mol. The molecule has 1 aromatic carbocycles. The number of hydrogen-bond acceptors (Lipinski definition) is 7. The fraction of sp³-hybridized carbons (Fsp3) is 0.467. The maximum absolute atomic E-state index is 12.3. The van der Waals surface area contributed by atoms with Gasteiger partial charge in [0, 0.05) is 42.6 Å². The quantitative estimate of drug-likeness (QED) is 0.343. The van der Waals surface area contributed by atoms with Crippen molar-refractivity contribution in [2.75, 3.05) is 24.9 Å². The van der Waals surface area contributed by atoms with Crippen LogP contribution in [0.5, 0.6) is 5.75 Å². The molecule has 3 aliphatic carbocycles. The van der Waals surface area contributed by atoms with Gasteiger partial charge in [0.15, 0.2) is 0 Å². The van der Waals surface area contributed by atoms with Crippen LogP contribution in [0.25, 0.3) is 11.1 Å². The molecular formula is C30H36N6O4. The number of anilines is 3. The van der Waals surface area contributed by atoms with E-state index in [1.807, 2.05) is 24.4 Å². The molecule has 40 heavy (non-hydrogen) atoms. The van der Waals surface area contributed by atoms with Gasteiger partial charge in [-0.15, -0.1) is 0 Å². The Morgan fingerprint density at radius 1 is 1.10 bits per heavy atom. The molecule has 10 heteroatoms. The summed E-state index contributed by atoms with van der Waals surface area (Å²) in [6.07, 6.45) is 14.5. The lowest BCUT2D eigenvalue weighted by Crippen LogP contribution is -2.20. The number of carbonyl (C=O) groups excluding carboxylic acids is 2. The zero-order chi connectivity index (χ0) is 27.9. The molecule has 10 nitrogen and oxygen atoms in total. The Bertz CT molecular complexity index is 1430. The number of nitrogens with two attached hydrogens (primary N) is 1. The summed E-state index contributed by atoms with van der Waals surface area (Å²) in [5, 5.41) is 10.9. The van der Waals surface area contributed by atoms with Crippen LogP contribution in [-0.2, 0) is 9.53 Å². The number of hydrogen-bond donors (Lipinski definition) is 3. The van der Waals surface area contributed by atoms with E-state index in [2.05, 4.69) is 26.5 Å². The summed E-state index contributed by atoms with van der Waals surface area (Å²) in [7, 11) is 3.41. The second-order valence-corrected chi connectivity index (χ2v) is 11.4. The third-order valence-corrected chi connectivity index (χ3v) is 8.78. The van der Waals surface area contributed by atoms with Crippen molar-refractivity contribution in [2.24, 2.45) is 17.1 Å². The summed E-state index contributed by atoms with van der Waals surface area (Å²) in [5.74, 6) is 0.276. The first-order valence-electron chi connectivity index (χ1n) is 14.0. The highest BCUT2D eigenvalue weighted by Gasteiger charge is 2.47. The largest absolute Gasteiger partial charge is 0.494 e. The molecule has 0 aliphatic heterocycles. The minimum absolute atomic E-state index is 0.0267. The van der Waals surface area contributed by atoms with E-state index in [4.69, 9.17) is 20.3 Å². The van der Waals surface area contributed by atoms with Crippen LogP contribution < -0.4 is 21.1 Å². The Hall–Kier alpha value is -3.92. The van der Waals surface area contributed by atoms with Crippen molar-refractivity contribution in [3.05, 3.63) is 48.4 Å². The van der Waals surface area contributed by atoms with E-state index >= 15 is 0 Å². The number of primary amides is 1. The first-order chi connectivity index (χ1) is 19.4. The number of nitrogens with one attached hydrogen (secondary N) is 2. The molecule has 0 unspecified atom stereocenters. The van der Waals surface area contributed by atoms with Crippen LogP contribution in [0.2, 0.25) is 0 Å². The Balaban J connectivity index is 1.28. The monoisotopic (exact) mass is 544 g/mol. The normalized spacial score (nSPS) is 21.4. The number of benzene rings is 1. The smallest absolute Gasteiger partial charge is 0.252 e. The summed E-state index contributed by atoms with van der Waals surface area (Å²) in [5.41, 5.74) is 9.07. The summed E-state index contributed by atoms with van der Waals surface area (Å²) < 4.78 is 13.8. The van der Waals surface area contributed by atoms with Gasteiger partial charge in [0.25, 0.3) is 5.91 Å². The van der Waals surface area contributed by atoms with Gasteiger partial charge < -0.3 is 25.8 Å². The van der Waals surface area contributed by atoms with E-state index in [0.717, 1.165) is 36.8 Å². The molecule has 0 saturated heterocycles. The van der Waals surface area contributed by atoms with Crippen molar-refractivity contribution in [3.8, 4) is 16.9 Å². The van der Waals surface area contributed by atoms with Crippen LogP contribution in [0, 0.1) is 11.3 Å². The van der Waals surface area contributed by atoms with Crippen molar-refractivity contribution in [1.82, 2.24) is 14.8 Å². The lowest BCUT2D eigenvalue weighted by molar-refractivity contribution is -0.117. The third-order valence-electron chi connectivity index (χ3n) is 8.78. The van der Waals surface area contributed by atoms with Crippen LogP contribution in [0.3, 0.4) is 0 Å². The van der Waals surface area contributed by atoms with Gasteiger partial charge in [-0.3, -0.25) is 14.3 Å². The second kappa shape index (κ2) is 10.6. The van der Waals surface area contributed by atoms with Crippen LogP contribution in [0.15, 0.2) is 42.9 Å². The number of para-hydroxylation sites is 1. The maximum Gasteiger partial charge on any atom is 0.252 e. The number of carbonyl (C=O) groups is 2. The van der Waals surface area contributed by atoms with Gasteiger partial charge in [0.1, 0.15) is 11.6 Å². The average molecular weight is 545 g/mol. The minimum atomic E-state index is -0.629. The fourth-order valence-electron chi connectivity index (χ4n) is 6.54. The van der Waals surface area contributed by atoms with Gasteiger partial charge in [-0.1, -0.05) is 25.0 Å². The molecule has 3 aliphatic rings. The number of amides is 2. The molecule has 3 fully saturated rings. The third kappa shape index (κ3) is 5.03. The highest BCUT2D eigenvalue weighted by Crippen LogP contribution is 2.55. The predicted octanol–water partition coefficient (Wildman–Crippen LogP) is 5.06. The molecular weight excluding hydrogens is 508 g/mol. The first kappa shape index (κ1) is 26.3. The van der Waals surface area contributed by atoms with E-state index in [-0.39, 0.29) is 29.5 Å². The Labute approximate surface area is 233 Å². The van der Waals surface area contributed by atoms with Crippen LogP contribution in [0.4, 0.5) is 17.2 Å². The molecule has 0 radical (unpaired) electrons. The molecule has 2 amide bonds. The summed E-state index contributed by atoms with van der Waals surface area (Å²) in [6.45, 7) is 0. The molecule has 210 valence electrons. The fourth-order valence-corrected chi connectivity index (χ4v) is 6.54. The number of pyridine rings is 1. The van der Waals surface area contributed by atoms with Crippen molar-refractivity contribution < 1.29 is 19.1 Å². The Morgan fingerprint density at radius 3 is 2.60 bits per heavy atom. The molecule has 3 saturated carbocycles. The summed E-state index contributed by atoms with van der Waals surface area (Å²) in [6, 6.07) is 7.58. The topological polar surface area (TPSA) is 133 Å². The molecule has 2 aromatic heterocycles. The number of nitrogens with zero attached hydrogens (tertiary/aromatic N) is 3. The second-order valence-electron chi connectivity index (χ2n) is 11.4. The highest BCUT2D eigenvalue weighted by atomic mass is 16.5. The van der Waals surface area contributed by atoms with Crippen molar-refractivity contribution in [2.45, 2.75) is 63.5 Å². The SMILES string of the molecule is COc1c(Nc2cc(NC(=O)C3CC3)ncc2C(N)=O)cccc1-c1cnn([C@@H]2CC3(CCCC3)C[C@H]2OC)c1. The molecule has 2 heterocycles. The minimum Gasteiger partial charge on any atom is -0.494 e. The number of methoxy groups -OCH3 is 2.